The van der Waals surface area contributed by atoms with E-state index in [1.54, 1.807) is 42.7 Å². The molecule has 0 aliphatic carbocycles. The maximum absolute atomic E-state index is 14.9. The molecule has 0 saturated carbocycles. The van der Waals surface area contributed by atoms with Crippen molar-refractivity contribution < 1.29 is 13.9 Å². The van der Waals surface area contributed by atoms with Crippen molar-refractivity contribution in [2.45, 2.75) is 19.9 Å². The van der Waals surface area contributed by atoms with Crippen LogP contribution in [0.15, 0.2) is 42.9 Å². The lowest BCUT2D eigenvalue weighted by atomic mass is 10.2. The summed E-state index contributed by atoms with van der Waals surface area (Å²) in [6, 6.07) is 8.44. The first-order valence-corrected chi connectivity index (χ1v) is 11.3. The first-order chi connectivity index (χ1) is 16.9. The molecule has 4 heterocycles. The molecule has 1 fully saturated rings. The van der Waals surface area contributed by atoms with Gasteiger partial charge in [-0.2, -0.15) is 0 Å². The molecule has 11 heteroatoms. The summed E-state index contributed by atoms with van der Waals surface area (Å²) < 4.78 is 22.4. The molecular formula is C24H25FN8O2. The van der Waals surface area contributed by atoms with Crippen LogP contribution >= 0.6 is 0 Å². The van der Waals surface area contributed by atoms with Gasteiger partial charge in [-0.1, -0.05) is 0 Å². The van der Waals surface area contributed by atoms with Gasteiger partial charge in [0.15, 0.2) is 5.52 Å². The molecule has 4 aromatic rings. The van der Waals surface area contributed by atoms with Gasteiger partial charge in [0, 0.05) is 31.0 Å². The largest absolute Gasteiger partial charge is 0.479 e. The van der Waals surface area contributed by atoms with E-state index in [-0.39, 0.29) is 30.1 Å². The van der Waals surface area contributed by atoms with Crippen molar-refractivity contribution in [2.75, 3.05) is 37.0 Å². The van der Waals surface area contributed by atoms with E-state index in [9.17, 15) is 9.18 Å². The van der Waals surface area contributed by atoms with Gasteiger partial charge < -0.3 is 24.8 Å². The fourth-order valence-corrected chi connectivity index (χ4v) is 4.02. The van der Waals surface area contributed by atoms with Gasteiger partial charge in [-0.3, -0.25) is 4.79 Å². The average molecular weight is 477 g/mol. The number of methoxy groups -OCH3 is 1. The van der Waals surface area contributed by atoms with E-state index in [0.717, 1.165) is 5.52 Å². The monoisotopic (exact) mass is 476 g/mol. The molecule has 180 valence electrons. The molecule has 0 unspecified atom stereocenters. The second-order valence-electron chi connectivity index (χ2n) is 8.41. The summed E-state index contributed by atoms with van der Waals surface area (Å²) in [6.45, 7) is 5.53. The van der Waals surface area contributed by atoms with Crippen molar-refractivity contribution in [3.63, 3.8) is 0 Å². The summed E-state index contributed by atoms with van der Waals surface area (Å²) in [5.74, 6) is 0.00993. The van der Waals surface area contributed by atoms with Crippen molar-refractivity contribution in [3.8, 4) is 17.3 Å². The third-order valence-electron chi connectivity index (χ3n) is 5.80. The highest BCUT2D eigenvalue weighted by atomic mass is 19.1. The minimum atomic E-state index is -0.509. The topological polar surface area (TPSA) is 110 Å². The van der Waals surface area contributed by atoms with Crippen LogP contribution in [0.2, 0.25) is 0 Å². The van der Waals surface area contributed by atoms with Crippen molar-refractivity contribution in [1.82, 2.24) is 29.8 Å². The number of hydrogen-bond donors (Lipinski definition) is 2. The number of nitrogens with one attached hydrogen (secondary N) is 2. The number of aromatic nitrogens is 5. The number of pyridine rings is 1. The van der Waals surface area contributed by atoms with Gasteiger partial charge in [0.2, 0.25) is 17.7 Å². The minimum Gasteiger partial charge on any atom is -0.479 e. The van der Waals surface area contributed by atoms with E-state index in [0.29, 0.717) is 41.6 Å². The highest BCUT2D eigenvalue weighted by Gasteiger charge is 2.21. The predicted molar refractivity (Wildman–Crippen MR) is 130 cm³/mol. The fourth-order valence-electron chi connectivity index (χ4n) is 4.02. The van der Waals surface area contributed by atoms with Crippen LogP contribution in [0.3, 0.4) is 0 Å². The van der Waals surface area contributed by atoms with Crippen LogP contribution in [-0.2, 0) is 4.79 Å². The Labute approximate surface area is 201 Å². The zero-order chi connectivity index (χ0) is 24.5. The Hall–Kier alpha value is -4.12. The van der Waals surface area contributed by atoms with Crippen LogP contribution in [-0.4, -0.2) is 57.2 Å². The molecule has 0 bridgehead atoms. The molecule has 1 aliphatic rings. The molecule has 35 heavy (non-hydrogen) atoms. The first-order valence-electron chi connectivity index (χ1n) is 11.3. The van der Waals surface area contributed by atoms with Crippen molar-refractivity contribution >= 4 is 34.3 Å². The van der Waals surface area contributed by atoms with Crippen LogP contribution in [0.5, 0.6) is 5.88 Å². The van der Waals surface area contributed by atoms with Crippen molar-refractivity contribution in [2.24, 2.45) is 0 Å². The third kappa shape index (κ3) is 4.37. The number of amides is 1. The molecule has 0 atom stereocenters. The number of ether oxygens (including phenoxy) is 1. The highest BCUT2D eigenvalue weighted by molar-refractivity contribution is 5.95. The standard InChI is InChI=1S/C24H25FN8O2/c1-14(2)33-13-28-22-20(33)11-19(29-23(22)35-3)18-6-7-27-24(31-18)30-17-5-4-15(10-16(17)25)32-9-8-26-12-21(32)34/h4-7,10-11,13-14,26H,8-9,12H2,1-3H3,(H,27,30,31). The molecule has 10 nitrogen and oxygen atoms in total. The van der Waals surface area contributed by atoms with E-state index < -0.39 is 5.82 Å². The molecule has 0 spiro atoms. The average Bonchev–Trinajstić information content (AvgIpc) is 3.30. The SMILES string of the molecule is COc1nc(-c2ccnc(Nc3ccc(N4CCNCC4=O)cc3F)n2)cc2c1ncn2C(C)C. The maximum atomic E-state index is 14.9. The van der Waals surface area contributed by atoms with Gasteiger partial charge in [0.1, 0.15) is 5.82 Å². The van der Waals surface area contributed by atoms with Crippen LogP contribution in [0, 0.1) is 5.82 Å². The number of fused-ring (bicyclic) bond motifs is 1. The van der Waals surface area contributed by atoms with Gasteiger partial charge in [-0.15, -0.1) is 0 Å². The number of nitrogens with zero attached hydrogens (tertiary/aromatic N) is 6. The zero-order valence-corrected chi connectivity index (χ0v) is 19.6. The number of piperazine rings is 1. The Morgan fingerprint density at radius 1 is 1.14 bits per heavy atom. The Bertz CT molecular complexity index is 1400. The fraction of sp³-hybridized carbons (Fsp3) is 0.292. The van der Waals surface area contributed by atoms with Crippen molar-refractivity contribution in [3.05, 3.63) is 48.7 Å². The van der Waals surface area contributed by atoms with Crippen LogP contribution in [0.1, 0.15) is 19.9 Å². The smallest absolute Gasteiger partial charge is 0.242 e. The number of rotatable bonds is 6. The third-order valence-corrected chi connectivity index (χ3v) is 5.80. The highest BCUT2D eigenvalue weighted by Crippen LogP contribution is 2.30. The molecule has 1 aromatic carbocycles. The lowest BCUT2D eigenvalue weighted by Crippen LogP contribution is -2.48. The molecule has 0 radical (unpaired) electrons. The number of benzene rings is 1. The van der Waals surface area contributed by atoms with E-state index in [2.05, 4.69) is 44.4 Å². The number of anilines is 3. The molecule has 3 aromatic heterocycles. The van der Waals surface area contributed by atoms with Gasteiger partial charge in [0.25, 0.3) is 0 Å². The van der Waals surface area contributed by atoms with E-state index in [4.69, 9.17) is 4.74 Å². The molecule has 1 saturated heterocycles. The summed E-state index contributed by atoms with van der Waals surface area (Å²) in [4.78, 5) is 31.4. The summed E-state index contributed by atoms with van der Waals surface area (Å²) in [5, 5.41) is 5.93. The first kappa shape index (κ1) is 22.7. The number of carbonyl (C=O) groups is 1. The molecule has 1 amide bonds. The quantitative estimate of drug-likeness (QED) is 0.436. The van der Waals surface area contributed by atoms with E-state index in [1.165, 1.54) is 6.07 Å². The lowest BCUT2D eigenvalue weighted by molar-refractivity contribution is -0.118. The molecule has 1 aliphatic heterocycles. The minimum absolute atomic E-state index is 0.0916. The number of hydrogen-bond acceptors (Lipinski definition) is 8. The second-order valence-corrected chi connectivity index (χ2v) is 8.41. The summed E-state index contributed by atoms with van der Waals surface area (Å²) in [5.41, 5.74) is 3.38. The van der Waals surface area contributed by atoms with Crippen LogP contribution in [0.25, 0.3) is 22.4 Å². The number of halogens is 1. The molecular weight excluding hydrogens is 451 g/mol. The summed E-state index contributed by atoms with van der Waals surface area (Å²) in [7, 11) is 1.55. The van der Waals surface area contributed by atoms with E-state index in [1.807, 2.05) is 10.6 Å². The van der Waals surface area contributed by atoms with Crippen LogP contribution < -0.4 is 20.3 Å². The van der Waals surface area contributed by atoms with E-state index >= 15 is 0 Å². The summed E-state index contributed by atoms with van der Waals surface area (Å²) >= 11 is 0. The van der Waals surface area contributed by atoms with Crippen molar-refractivity contribution in [1.29, 1.82) is 0 Å². The van der Waals surface area contributed by atoms with Crippen LogP contribution in [0.4, 0.5) is 21.7 Å². The van der Waals surface area contributed by atoms with Gasteiger partial charge >= 0.3 is 0 Å². The molecule has 5 rings (SSSR count). The Kier molecular flexibility index (Phi) is 6.00. The van der Waals surface area contributed by atoms with Gasteiger partial charge in [-0.05, 0) is 44.2 Å². The van der Waals surface area contributed by atoms with Gasteiger partial charge in [-0.25, -0.2) is 24.3 Å². The maximum Gasteiger partial charge on any atom is 0.242 e. The summed E-state index contributed by atoms with van der Waals surface area (Å²) in [6.07, 6.45) is 3.34. The number of carbonyl (C=O) groups excluding carboxylic acids is 1. The Balaban J connectivity index is 1.44. The Morgan fingerprint density at radius 3 is 2.74 bits per heavy atom. The Morgan fingerprint density at radius 2 is 2.00 bits per heavy atom. The lowest BCUT2D eigenvalue weighted by Gasteiger charge is -2.27. The second kappa shape index (κ2) is 9.26. The number of imidazole rings is 1. The van der Waals surface area contributed by atoms with Gasteiger partial charge in [0.05, 0.1) is 42.6 Å². The zero-order valence-electron chi connectivity index (χ0n) is 19.6. The molecule has 2 N–H and O–H groups in total. The normalized spacial score (nSPS) is 14.1. The predicted octanol–water partition coefficient (Wildman–Crippen LogP) is 3.30.